The maximum Gasteiger partial charge on any atom is 0.246 e. The molecule has 2 atom stereocenters. The summed E-state index contributed by atoms with van der Waals surface area (Å²) in [6.45, 7) is 4.56. The van der Waals surface area contributed by atoms with Crippen molar-refractivity contribution in [2.45, 2.75) is 26.2 Å². The summed E-state index contributed by atoms with van der Waals surface area (Å²) in [5.41, 5.74) is 2.08. The number of carbonyl (C=O) groups is 1. The first kappa shape index (κ1) is 12.6. The largest absolute Gasteiger partial charge is 0.396 e. The minimum Gasteiger partial charge on any atom is -0.396 e. The Morgan fingerprint density at radius 3 is 2.71 bits per heavy atom. The molecule has 96 valence electrons. The van der Waals surface area contributed by atoms with Crippen molar-refractivity contribution in [2.24, 2.45) is 11.8 Å². The molecule has 0 aromatic heterocycles. The summed E-state index contributed by atoms with van der Waals surface area (Å²) < 4.78 is 0. The molecule has 1 aliphatic heterocycles. The average Bonchev–Trinajstić information content (AvgIpc) is 2.70. The van der Waals surface area contributed by atoms with E-state index >= 15 is 0 Å². The topological polar surface area (TPSA) is 61.4 Å². The molecule has 3 N–H and O–H groups in total. The Morgan fingerprint density at radius 2 is 2.12 bits per heavy atom. The Labute approximate surface area is 102 Å². The molecule has 0 radical (unpaired) electrons. The fraction of sp³-hybridized carbons (Fsp3) is 0.769. The Kier molecular flexibility index (Phi) is 4.18. The second-order valence-electron chi connectivity index (χ2n) is 5.18. The molecular weight excluding hydrogens is 216 g/mol. The lowest BCUT2D eigenvalue weighted by Crippen LogP contribution is -2.39. The van der Waals surface area contributed by atoms with Gasteiger partial charge in [-0.05, 0) is 37.2 Å². The van der Waals surface area contributed by atoms with Gasteiger partial charge in [0, 0.05) is 31.8 Å². The van der Waals surface area contributed by atoms with Gasteiger partial charge < -0.3 is 15.7 Å². The van der Waals surface area contributed by atoms with Crippen molar-refractivity contribution in [3.05, 3.63) is 11.1 Å². The normalized spacial score (nSPS) is 27.8. The predicted molar refractivity (Wildman–Crippen MR) is 66.5 cm³/mol. The lowest BCUT2D eigenvalue weighted by Gasteiger charge is -2.22. The fourth-order valence-electron chi connectivity index (χ4n) is 2.65. The van der Waals surface area contributed by atoms with E-state index < -0.39 is 0 Å². The summed E-state index contributed by atoms with van der Waals surface area (Å²) in [5.74, 6) is 0.903. The van der Waals surface area contributed by atoms with Crippen LogP contribution in [0, 0.1) is 11.8 Å². The van der Waals surface area contributed by atoms with Crippen LogP contribution in [0.15, 0.2) is 11.1 Å². The fourth-order valence-corrected chi connectivity index (χ4v) is 2.65. The molecule has 4 nitrogen and oxygen atoms in total. The minimum atomic E-state index is 0.0603. The molecule has 1 aliphatic carbocycles. The molecule has 2 fully saturated rings. The Morgan fingerprint density at radius 1 is 1.41 bits per heavy atom. The number of hydrogen-bond donors (Lipinski definition) is 3. The van der Waals surface area contributed by atoms with Gasteiger partial charge >= 0.3 is 0 Å². The highest BCUT2D eigenvalue weighted by atomic mass is 16.3. The molecule has 1 heterocycles. The van der Waals surface area contributed by atoms with Crippen LogP contribution in [0.25, 0.3) is 0 Å². The molecule has 2 aliphatic rings. The molecule has 0 aromatic rings. The van der Waals surface area contributed by atoms with Gasteiger partial charge in [0.05, 0.1) is 0 Å². The van der Waals surface area contributed by atoms with Gasteiger partial charge in [-0.1, -0.05) is 6.42 Å². The summed E-state index contributed by atoms with van der Waals surface area (Å²) in [7, 11) is 0. The van der Waals surface area contributed by atoms with Gasteiger partial charge in [-0.3, -0.25) is 4.79 Å². The van der Waals surface area contributed by atoms with Crippen molar-refractivity contribution >= 4 is 5.91 Å². The number of amides is 1. The summed E-state index contributed by atoms with van der Waals surface area (Å²) in [6.07, 6.45) is 3.40. The Hall–Kier alpha value is -0.870. The highest BCUT2D eigenvalue weighted by molar-refractivity contribution is 5.93. The quantitative estimate of drug-likeness (QED) is 0.623. The predicted octanol–water partition coefficient (Wildman–Crippen LogP) is 0.431. The third kappa shape index (κ3) is 2.87. The molecule has 0 aromatic carbocycles. The van der Waals surface area contributed by atoms with Gasteiger partial charge in [0.15, 0.2) is 0 Å². The molecule has 4 heteroatoms. The van der Waals surface area contributed by atoms with Crippen LogP contribution in [0.5, 0.6) is 0 Å². The zero-order valence-electron chi connectivity index (χ0n) is 10.5. The van der Waals surface area contributed by atoms with E-state index in [9.17, 15) is 9.90 Å². The average molecular weight is 238 g/mol. The summed E-state index contributed by atoms with van der Waals surface area (Å²) >= 11 is 0. The van der Waals surface area contributed by atoms with Crippen LogP contribution in [0.3, 0.4) is 0 Å². The van der Waals surface area contributed by atoms with Crippen molar-refractivity contribution < 1.29 is 9.90 Å². The summed E-state index contributed by atoms with van der Waals surface area (Å²) in [5, 5.41) is 15.4. The zero-order chi connectivity index (χ0) is 12.3. The third-order valence-electron chi connectivity index (χ3n) is 4.12. The maximum atomic E-state index is 11.9. The Bertz CT molecular complexity index is 319. The highest BCUT2D eigenvalue weighted by Crippen LogP contribution is 2.30. The number of rotatable bonds is 4. The smallest absolute Gasteiger partial charge is 0.246 e. The lowest BCUT2D eigenvalue weighted by atomic mass is 9.96. The molecule has 2 rings (SSSR count). The van der Waals surface area contributed by atoms with Crippen molar-refractivity contribution in [3.8, 4) is 0 Å². The van der Waals surface area contributed by atoms with Gasteiger partial charge in [-0.2, -0.15) is 0 Å². The number of aliphatic hydroxyl groups is 1. The van der Waals surface area contributed by atoms with E-state index in [2.05, 4.69) is 10.6 Å². The monoisotopic (exact) mass is 238 g/mol. The summed E-state index contributed by atoms with van der Waals surface area (Å²) in [6, 6.07) is 0. The van der Waals surface area contributed by atoms with Gasteiger partial charge in [-0.15, -0.1) is 0 Å². The number of nitrogens with one attached hydrogen (secondary N) is 2. The molecule has 0 bridgehead atoms. The standard InChI is InChI=1S/C13H22N2O2/c1-9(12-5-14-6-12)13(17)15-7-10-3-2-4-11(10)8-16/h10-11,14,16H,2-8H2,1H3,(H,15,17). The Balaban J connectivity index is 1.79. The van der Waals surface area contributed by atoms with Gasteiger partial charge in [0.1, 0.15) is 0 Å². The van der Waals surface area contributed by atoms with Crippen LogP contribution in [0.4, 0.5) is 0 Å². The van der Waals surface area contributed by atoms with E-state index in [1.54, 1.807) is 0 Å². The highest BCUT2D eigenvalue weighted by Gasteiger charge is 2.27. The van der Waals surface area contributed by atoms with Gasteiger partial charge in [0.25, 0.3) is 0 Å². The van der Waals surface area contributed by atoms with Gasteiger partial charge in [-0.25, -0.2) is 0 Å². The van der Waals surface area contributed by atoms with E-state index in [1.165, 1.54) is 12.0 Å². The van der Waals surface area contributed by atoms with E-state index in [-0.39, 0.29) is 12.5 Å². The molecule has 1 amide bonds. The van der Waals surface area contributed by atoms with Crippen molar-refractivity contribution in [2.75, 3.05) is 26.2 Å². The lowest BCUT2D eigenvalue weighted by molar-refractivity contribution is -0.117. The molecule has 1 saturated heterocycles. The van der Waals surface area contributed by atoms with Crippen LogP contribution < -0.4 is 10.6 Å². The van der Waals surface area contributed by atoms with Crippen LogP contribution in [-0.2, 0) is 4.79 Å². The van der Waals surface area contributed by atoms with E-state index in [4.69, 9.17) is 0 Å². The number of aliphatic hydroxyl groups excluding tert-OH is 1. The maximum absolute atomic E-state index is 11.9. The molecule has 1 saturated carbocycles. The van der Waals surface area contributed by atoms with Crippen molar-refractivity contribution in [3.63, 3.8) is 0 Å². The third-order valence-corrected chi connectivity index (χ3v) is 4.12. The first-order chi connectivity index (χ1) is 8.22. The minimum absolute atomic E-state index is 0.0603. The van der Waals surface area contributed by atoms with Crippen LogP contribution in [-0.4, -0.2) is 37.3 Å². The molecule has 0 spiro atoms. The first-order valence-corrected chi connectivity index (χ1v) is 6.50. The molecule has 2 unspecified atom stereocenters. The van der Waals surface area contributed by atoms with Crippen LogP contribution in [0.2, 0.25) is 0 Å². The second kappa shape index (κ2) is 5.65. The first-order valence-electron chi connectivity index (χ1n) is 6.50. The van der Waals surface area contributed by atoms with Crippen molar-refractivity contribution in [1.82, 2.24) is 10.6 Å². The molecule has 17 heavy (non-hydrogen) atoms. The van der Waals surface area contributed by atoms with E-state index in [1.807, 2.05) is 6.92 Å². The molecular formula is C13H22N2O2. The number of carbonyl (C=O) groups excluding carboxylic acids is 1. The SMILES string of the molecule is CC(C(=O)NCC1CCCC1CO)=C1CNC1. The van der Waals surface area contributed by atoms with Crippen molar-refractivity contribution in [1.29, 1.82) is 0 Å². The number of hydrogen-bond acceptors (Lipinski definition) is 3. The van der Waals surface area contributed by atoms with Crippen LogP contribution in [0.1, 0.15) is 26.2 Å². The van der Waals surface area contributed by atoms with E-state index in [0.29, 0.717) is 18.4 Å². The summed E-state index contributed by atoms with van der Waals surface area (Å²) in [4.78, 5) is 11.9. The second-order valence-corrected chi connectivity index (χ2v) is 5.18. The van der Waals surface area contributed by atoms with Crippen LogP contribution >= 0.6 is 0 Å². The van der Waals surface area contributed by atoms with E-state index in [0.717, 1.165) is 31.5 Å². The van der Waals surface area contributed by atoms with Gasteiger partial charge in [0.2, 0.25) is 5.91 Å². The zero-order valence-corrected chi connectivity index (χ0v) is 10.5.